The summed E-state index contributed by atoms with van der Waals surface area (Å²) >= 11 is 0. The Morgan fingerprint density at radius 2 is 2.29 bits per heavy atom. The second kappa shape index (κ2) is 5.76. The Morgan fingerprint density at radius 1 is 1.43 bits per heavy atom. The fourth-order valence-electron chi connectivity index (χ4n) is 3.68. The Hall–Kier alpha value is -1.42. The fourth-order valence-corrected chi connectivity index (χ4v) is 3.68. The topological polar surface area (TPSA) is 54.0 Å². The highest BCUT2D eigenvalue weighted by atomic mass is 16.1. The molecule has 2 aliphatic rings. The molecule has 0 radical (unpaired) electrons. The van der Waals surface area contributed by atoms with Gasteiger partial charge in [0.1, 0.15) is 0 Å². The van der Waals surface area contributed by atoms with Crippen molar-refractivity contribution < 1.29 is 4.79 Å². The van der Waals surface area contributed by atoms with Crippen molar-refractivity contribution in [3.05, 3.63) is 29.1 Å². The van der Waals surface area contributed by atoms with Crippen molar-refractivity contribution in [2.75, 3.05) is 6.54 Å². The van der Waals surface area contributed by atoms with Gasteiger partial charge in [-0.1, -0.05) is 0 Å². The van der Waals surface area contributed by atoms with Crippen LogP contribution < -0.4 is 10.6 Å². The van der Waals surface area contributed by atoms with Crippen molar-refractivity contribution in [1.29, 1.82) is 0 Å². The number of amides is 1. The summed E-state index contributed by atoms with van der Waals surface area (Å²) in [5.74, 6) is 0.620. The summed E-state index contributed by atoms with van der Waals surface area (Å²) in [6, 6.07) is 0. The molecule has 0 aromatic carbocycles. The summed E-state index contributed by atoms with van der Waals surface area (Å²) in [6.07, 6.45) is 9.05. The lowest BCUT2D eigenvalue weighted by Crippen LogP contribution is -2.31. The normalized spacial score (nSPS) is 23.0. The number of nitrogens with one attached hydrogen (secondary N) is 2. The van der Waals surface area contributed by atoms with Gasteiger partial charge in [-0.3, -0.25) is 9.78 Å². The molecule has 1 unspecified atom stereocenters. The smallest absolute Gasteiger partial charge is 0.220 e. The summed E-state index contributed by atoms with van der Waals surface area (Å²) in [6.45, 7) is 5.97. The van der Waals surface area contributed by atoms with Crippen molar-refractivity contribution in [2.45, 2.75) is 58.0 Å². The largest absolute Gasteiger partial charge is 0.352 e. The van der Waals surface area contributed by atoms with E-state index in [9.17, 15) is 4.79 Å². The van der Waals surface area contributed by atoms with Crippen molar-refractivity contribution >= 4 is 5.91 Å². The molecule has 3 rings (SSSR count). The molecule has 1 aliphatic carbocycles. The number of nitrogens with zero attached hydrogens (tertiary/aromatic N) is 1. The van der Waals surface area contributed by atoms with Gasteiger partial charge in [-0.2, -0.15) is 0 Å². The van der Waals surface area contributed by atoms with Gasteiger partial charge in [0, 0.05) is 30.9 Å². The van der Waals surface area contributed by atoms with Crippen LogP contribution in [0, 0.1) is 5.92 Å². The van der Waals surface area contributed by atoms with Crippen LogP contribution in [0.1, 0.15) is 49.8 Å². The summed E-state index contributed by atoms with van der Waals surface area (Å²) in [5, 5.41) is 6.55. The second-order valence-electron chi connectivity index (χ2n) is 7.11. The number of aryl methyl sites for hydroxylation is 1. The molecule has 1 amide bonds. The van der Waals surface area contributed by atoms with Gasteiger partial charge < -0.3 is 10.6 Å². The number of rotatable bonds is 4. The van der Waals surface area contributed by atoms with E-state index in [1.807, 2.05) is 12.4 Å². The van der Waals surface area contributed by atoms with Gasteiger partial charge in [-0.05, 0) is 68.7 Å². The van der Waals surface area contributed by atoms with Gasteiger partial charge in [0.2, 0.25) is 5.91 Å². The molecular weight excluding hydrogens is 262 g/mol. The molecule has 21 heavy (non-hydrogen) atoms. The average molecular weight is 287 g/mol. The molecule has 0 bridgehead atoms. The summed E-state index contributed by atoms with van der Waals surface area (Å²) in [7, 11) is 0. The minimum atomic E-state index is 0.162. The van der Waals surface area contributed by atoms with Gasteiger partial charge >= 0.3 is 0 Å². The van der Waals surface area contributed by atoms with Gasteiger partial charge in [0.05, 0.1) is 0 Å². The number of hydrogen-bond donors (Lipinski definition) is 2. The predicted molar refractivity (Wildman–Crippen MR) is 82.9 cm³/mol. The van der Waals surface area contributed by atoms with Gasteiger partial charge in [-0.15, -0.1) is 0 Å². The minimum absolute atomic E-state index is 0.162. The number of aromatic nitrogens is 1. The van der Waals surface area contributed by atoms with Crippen LogP contribution in [0.5, 0.6) is 0 Å². The highest BCUT2D eigenvalue weighted by Crippen LogP contribution is 2.26. The van der Waals surface area contributed by atoms with E-state index in [4.69, 9.17) is 0 Å². The van der Waals surface area contributed by atoms with Crippen LogP contribution >= 0.6 is 0 Å². The van der Waals surface area contributed by atoms with Gasteiger partial charge in [0.15, 0.2) is 0 Å². The summed E-state index contributed by atoms with van der Waals surface area (Å²) < 4.78 is 0. The number of pyridine rings is 1. The van der Waals surface area contributed by atoms with Crippen molar-refractivity contribution in [3.63, 3.8) is 0 Å². The van der Waals surface area contributed by atoms with Gasteiger partial charge in [0.25, 0.3) is 0 Å². The zero-order valence-corrected chi connectivity index (χ0v) is 13.0. The SMILES string of the molecule is CC1(C)CC(CC(=O)NCc2cncc3c2CCC3)CN1. The van der Waals surface area contributed by atoms with E-state index in [2.05, 4.69) is 29.5 Å². The van der Waals surface area contributed by atoms with Crippen LogP contribution in [0.15, 0.2) is 12.4 Å². The van der Waals surface area contributed by atoms with Crippen molar-refractivity contribution in [1.82, 2.24) is 15.6 Å². The summed E-state index contributed by atoms with van der Waals surface area (Å²) in [4.78, 5) is 16.4. The lowest BCUT2D eigenvalue weighted by Gasteiger charge is -2.17. The van der Waals surface area contributed by atoms with Crippen LogP contribution in [0.2, 0.25) is 0 Å². The van der Waals surface area contributed by atoms with E-state index in [1.54, 1.807) is 0 Å². The predicted octanol–water partition coefficient (Wildman–Crippen LogP) is 1.96. The standard InChI is InChI=1S/C17H25N3O/c1-17(2)7-12(8-20-17)6-16(21)19-11-14-10-18-9-13-4-3-5-15(13)14/h9-10,12,20H,3-8,11H2,1-2H3,(H,19,21). The third-order valence-electron chi connectivity index (χ3n) is 4.73. The molecule has 1 aliphatic heterocycles. The molecule has 114 valence electrons. The average Bonchev–Trinajstić information content (AvgIpc) is 3.03. The van der Waals surface area contributed by atoms with Crippen LogP contribution in [-0.4, -0.2) is 23.0 Å². The number of hydrogen-bond acceptors (Lipinski definition) is 3. The van der Waals surface area contributed by atoms with E-state index in [0.717, 1.165) is 25.8 Å². The zero-order valence-electron chi connectivity index (χ0n) is 13.0. The maximum Gasteiger partial charge on any atom is 0.220 e. The zero-order chi connectivity index (χ0) is 14.9. The first-order chi connectivity index (χ1) is 10.0. The first-order valence-corrected chi connectivity index (χ1v) is 8.00. The lowest BCUT2D eigenvalue weighted by atomic mass is 9.94. The van der Waals surface area contributed by atoms with E-state index in [0.29, 0.717) is 18.9 Å². The van der Waals surface area contributed by atoms with Crippen LogP contribution in [0.25, 0.3) is 0 Å². The molecule has 1 aromatic rings. The fraction of sp³-hybridized carbons (Fsp3) is 0.647. The van der Waals surface area contributed by atoms with Crippen molar-refractivity contribution in [3.8, 4) is 0 Å². The number of carbonyl (C=O) groups excluding carboxylic acids is 1. The quantitative estimate of drug-likeness (QED) is 0.890. The number of fused-ring (bicyclic) bond motifs is 1. The van der Waals surface area contributed by atoms with E-state index in [-0.39, 0.29) is 11.4 Å². The molecule has 2 N–H and O–H groups in total. The molecular formula is C17H25N3O. The Balaban J connectivity index is 1.52. The molecule has 4 heteroatoms. The maximum absolute atomic E-state index is 12.1. The maximum atomic E-state index is 12.1. The first kappa shape index (κ1) is 14.5. The van der Waals surface area contributed by atoms with Crippen molar-refractivity contribution in [2.24, 2.45) is 5.92 Å². The molecule has 1 aromatic heterocycles. The third-order valence-corrected chi connectivity index (χ3v) is 4.73. The van der Waals surface area contributed by atoms with E-state index in [1.165, 1.54) is 23.1 Å². The third kappa shape index (κ3) is 3.43. The number of carbonyl (C=O) groups is 1. The molecule has 0 saturated carbocycles. The molecule has 1 saturated heterocycles. The van der Waals surface area contributed by atoms with Crippen LogP contribution in [-0.2, 0) is 24.2 Å². The van der Waals surface area contributed by atoms with Crippen LogP contribution in [0.4, 0.5) is 0 Å². The lowest BCUT2D eigenvalue weighted by molar-refractivity contribution is -0.122. The Bertz CT molecular complexity index is 539. The Labute approximate surface area is 126 Å². The highest BCUT2D eigenvalue weighted by Gasteiger charge is 2.31. The molecule has 1 atom stereocenters. The Morgan fingerprint density at radius 3 is 3.05 bits per heavy atom. The van der Waals surface area contributed by atoms with Gasteiger partial charge in [-0.25, -0.2) is 0 Å². The van der Waals surface area contributed by atoms with Crippen LogP contribution in [0.3, 0.4) is 0 Å². The van der Waals surface area contributed by atoms with E-state index < -0.39 is 0 Å². The second-order valence-corrected chi connectivity index (χ2v) is 7.11. The highest BCUT2D eigenvalue weighted by molar-refractivity contribution is 5.76. The molecule has 2 heterocycles. The first-order valence-electron chi connectivity index (χ1n) is 8.00. The summed E-state index contributed by atoms with van der Waals surface area (Å²) in [5.41, 5.74) is 4.15. The Kier molecular flexibility index (Phi) is 3.98. The monoisotopic (exact) mass is 287 g/mol. The van der Waals surface area contributed by atoms with E-state index >= 15 is 0 Å². The minimum Gasteiger partial charge on any atom is -0.352 e. The molecule has 1 fully saturated rings. The molecule has 4 nitrogen and oxygen atoms in total. The molecule has 0 spiro atoms.